The Labute approximate surface area is 164 Å². The number of methoxy groups -OCH3 is 1. The number of pyridine rings is 1. The van der Waals surface area contributed by atoms with E-state index < -0.39 is 36.1 Å². The number of rotatable bonds is 5. The number of aromatic nitrogens is 5. The fourth-order valence-electron chi connectivity index (χ4n) is 2.25. The molecule has 3 aromatic rings. The molecule has 0 aliphatic carbocycles. The summed E-state index contributed by atoms with van der Waals surface area (Å²) in [6.45, 7) is -0.433. The summed E-state index contributed by atoms with van der Waals surface area (Å²) in [5, 5.41) is 7.59. The standard InChI is InChI=1S/C16H12F5N7O2/c1-30-14-23-4-9(5-24-14)28(7-8-2-12(27-26-8)16(19,20)21)15(29)25-13-3-10(17)11(18)6-22-13/h2-6H,7H2,1H3,(H,26,27)(H,22,25,29). The van der Waals surface area contributed by atoms with Crippen LogP contribution in [0.2, 0.25) is 0 Å². The van der Waals surface area contributed by atoms with Crippen LogP contribution in [0.4, 0.5) is 38.3 Å². The molecule has 0 spiro atoms. The van der Waals surface area contributed by atoms with E-state index in [4.69, 9.17) is 4.74 Å². The zero-order chi connectivity index (χ0) is 21.9. The molecule has 2 N–H and O–H groups in total. The zero-order valence-corrected chi connectivity index (χ0v) is 15.0. The number of nitrogens with zero attached hydrogens (tertiary/aromatic N) is 5. The molecule has 14 heteroatoms. The molecule has 3 rings (SSSR count). The number of carbonyl (C=O) groups excluding carboxylic acids is 1. The number of hydrogen-bond donors (Lipinski definition) is 2. The number of hydrogen-bond acceptors (Lipinski definition) is 6. The van der Waals surface area contributed by atoms with Crippen LogP contribution in [0, 0.1) is 11.6 Å². The molecule has 0 radical (unpaired) electrons. The summed E-state index contributed by atoms with van der Waals surface area (Å²) in [6, 6.07) is 0.423. The van der Waals surface area contributed by atoms with Gasteiger partial charge in [-0.1, -0.05) is 0 Å². The van der Waals surface area contributed by atoms with E-state index in [1.165, 1.54) is 19.5 Å². The van der Waals surface area contributed by atoms with E-state index in [0.29, 0.717) is 12.3 Å². The fraction of sp³-hybridized carbons (Fsp3) is 0.188. The third-order valence-corrected chi connectivity index (χ3v) is 3.65. The van der Waals surface area contributed by atoms with Crippen LogP contribution in [0.3, 0.4) is 0 Å². The van der Waals surface area contributed by atoms with Crippen molar-refractivity contribution in [2.75, 3.05) is 17.3 Å². The van der Waals surface area contributed by atoms with E-state index >= 15 is 0 Å². The third kappa shape index (κ3) is 4.76. The molecule has 0 saturated carbocycles. The number of amides is 2. The molecular weight excluding hydrogens is 417 g/mol. The van der Waals surface area contributed by atoms with E-state index in [0.717, 1.165) is 11.0 Å². The number of anilines is 2. The summed E-state index contributed by atoms with van der Waals surface area (Å²) in [7, 11) is 1.32. The van der Waals surface area contributed by atoms with Gasteiger partial charge in [0.1, 0.15) is 11.5 Å². The van der Waals surface area contributed by atoms with Gasteiger partial charge in [-0.2, -0.15) is 18.3 Å². The average Bonchev–Trinajstić information content (AvgIpc) is 3.18. The smallest absolute Gasteiger partial charge is 0.432 e. The summed E-state index contributed by atoms with van der Waals surface area (Å²) in [5.41, 5.74) is -1.18. The Kier molecular flexibility index (Phi) is 5.75. The van der Waals surface area contributed by atoms with Gasteiger partial charge in [-0.3, -0.25) is 15.3 Å². The second-order valence-corrected chi connectivity index (χ2v) is 5.70. The van der Waals surface area contributed by atoms with Crippen LogP contribution in [0.15, 0.2) is 30.7 Å². The molecule has 9 nitrogen and oxygen atoms in total. The molecule has 0 fully saturated rings. The van der Waals surface area contributed by atoms with Crippen LogP contribution in [-0.2, 0) is 12.7 Å². The number of alkyl halides is 3. The molecule has 30 heavy (non-hydrogen) atoms. The van der Waals surface area contributed by atoms with Gasteiger partial charge in [0.05, 0.1) is 43.6 Å². The van der Waals surface area contributed by atoms with Crippen molar-refractivity contribution in [3.63, 3.8) is 0 Å². The lowest BCUT2D eigenvalue weighted by molar-refractivity contribution is -0.141. The van der Waals surface area contributed by atoms with Crippen molar-refractivity contribution >= 4 is 17.5 Å². The lowest BCUT2D eigenvalue weighted by Crippen LogP contribution is -2.35. The molecule has 0 unspecified atom stereocenters. The highest BCUT2D eigenvalue weighted by Crippen LogP contribution is 2.28. The molecule has 2 amide bonds. The van der Waals surface area contributed by atoms with Crippen molar-refractivity contribution < 1.29 is 31.5 Å². The van der Waals surface area contributed by atoms with Gasteiger partial charge in [0.25, 0.3) is 0 Å². The van der Waals surface area contributed by atoms with Crippen LogP contribution in [-0.4, -0.2) is 38.3 Å². The lowest BCUT2D eigenvalue weighted by Gasteiger charge is -2.21. The Morgan fingerprint density at radius 3 is 2.40 bits per heavy atom. The Morgan fingerprint density at radius 1 is 1.13 bits per heavy atom. The topological polar surface area (TPSA) is 109 Å². The summed E-state index contributed by atoms with van der Waals surface area (Å²) in [5.74, 6) is -2.79. The average molecular weight is 429 g/mol. The minimum absolute atomic E-state index is 0.0134. The Morgan fingerprint density at radius 2 is 1.83 bits per heavy atom. The zero-order valence-electron chi connectivity index (χ0n) is 15.0. The number of ether oxygens (including phenoxy) is 1. The number of nitrogens with one attached hydrogen (secondary N) is 2. The third-order valence-electron chi connectivity index (χ3n) is 3.65. The maximum atomic E-state index is 13.4. The van der Waals surface area contributed by atoms with E-state index in [-0.39, 0.29) is 23.2 Å². The lowest BCUT2D eigenvalue weighted by atomic mass is 10.3. The van der Waals surface area contributed by atoms with Gasteiger partial charge in [-0.25, -0.2) is 28.5 Å². The Hall–Kier alpha value is -3.84. The highest BCUT2D eigenvalue weighted by atomic mass is 19.4. The summed E-state index contributed by atoms with van der Waals surface area (Å²) in [4.78, 5) is 24.8. The Balaban J connectivity index is 1.88. The van der Waals surface area contributed by atoms with Gasteiger partial charge < -0.3 is 4.74 Å². The van der Waals surface area contributed by atoms with Crippen molar-refractivity contribution in [3.8, 4) is 6.01 Å². The normalized spacial score (nSPS) is 11.3. The molecule has 3 heterocycles. The monoisotopic (exact) mass is 429 g/mol. The molecular formula is C16H12F5N7O2. The second kappa shape index (κ2) is 8.26. The van der Waals surface area contributed by atoms with E-state index in [2.05, 4.69) is 25.4 Å². The van der Waals surface area contributed by atoms with Crippen LogP contribution < -0.4 is 15.0 Å². The van der Waals surface area contributed by atoms with Crippen molar-refractivity contribution in [3.05, 3.63) is 53.7 Å². The quantitative estimate of drug-likeness (QED) is 0.604. The molecule has 0 atom stereocenters. The molecule has 3 aromatic heterocycles. The molecule has 0 aliphatic rings. The van der Waals surface area contributed by atoms with Crippen molar-refractivity contribution in [2.24, 2.45) is 0 Å². The fourth-order valence-corrected chi connectivity index (χ4v) is 2.25. The van der Waals surface area contributed by atoms with Crippen LogP contribution in [0.1, 0.15) is 11.4 Å². The summed E-state index contributed by atoms with van der Waals surface area (Å²) in [6.07, 6.45) is -1.73. The number of H-pyrrole nitrogens is 1. The van der Waals surface area contributed by atoms with Crippen LogP contribution in [0.25, 0.3) is 0 Å². The molecule has 0 bridgehead atoms. The molecule has 0 saturated heterocycles. The first-order valence-electron chi connectivity index (χ1n) is 8.04. The van der Waals surface area contributed by atoms with Gasteiger partial charge in [0.2, 0.25) is 0 Å². The Bertz CT molecular complexity index is 1040. The number of carbonyl (C=O) groups is 1. The predicted octanol–water partition coefficient (Wildman–Crippen LogP) is 3.14. The van der Waals surface area contributed by atoms with Crippen molar-refractivity contribution in [1.29, 1.82) is 0 Å². The van der Waals surface area contributed by atoms with E-state index in [9.17, 15) is 26.7 Å². The van der Waals surface area contributed by atoms with Crippen LogP contribution >= 0.6 is 0 Å². The molecule has 0 aliphatic heterocycles. The highest BCUT2D eigenvalue weighted by Gasteiger charge is 2.33. The summed E-state index contributed by atoms with van der Waals surface area (Å²) >= 11 is 0. The molecule has 0 aromatic carbocycles. The first kappa shape index (κ1) is 20.9. The van der Waals surface area contributed by atoms with Crippen LogP contribution in [0.5, 0.6) is 6.01 Å². The van der Waals surface area contributed by atoms with Gasteiger partial charge in [0, 0.05) is 6.07 Å². The number of aromatic amines is 1. The predicted molar refractivity (Wildman–Crippen MR) is 91.5 cm³/mol. The first-order chi connectivity index (χ1) is 14.2. The number of urea groups is 1. The van der Waals surface area contributed by atoms with Gasteiger partial charge in [-0.05, 0) is 6.07 Å². The molecule has 158 valence electrons. The first-order valence-corrected chi connectivity index (χ1v) is 8.04. The second-order valence-electron chi connectivity index (χ2n) is 5.70. The van der Waals surface area contributed by atoms with E-state index in [1.54, 1.807) is 0 Å². The van der Waals surface area contributed by atoms with Gasteiger partial charge in [0.15, 0.2) is 11.6 Å². The minimum atomic E-state index is -4.66. The largest absolute Gasteiger partial charge is 0.467 e. The van der Waals surface area contributed by atoms with Gasteiger partial charge in [-0.15, -0.1) is 0 Å². The summed E-state index contributed by atoms with van der Waals surface area (Å²) < 4.78 is 69.6. The van der Waals surface area contributed by atoms with Gasteiger partial charge >= 0.3 is 18.2 Å². The minimum Gasteiger partial charge on any atom is -0.467 e. The van der Waals surface area contributed by atoms with Crippen molar-refractivity contribution in [2.45, 2.75) is 12.7 Å². The maximum absolute atomic E-state index is 13.4. The highest BCUT2D eigenvalue weighted by molar-refractivity contribution is 6.00. The van der Waals surface area contributed by atoms with E-state index in [1.807, 2.05) is 5.10 Å². The van der Waals surface area contributed by atoms with Crippen molar-refractivity contribution in [1.82, 2.24) is 25.1 Å². The number of halogens is 5. The maximum Gasteiger partial charge on any atom is 0.432 e. The SMILES string of the molecule is COc1ncc(N(Cc2cc(C(F)(F)F)[nH]n2)C(=O)Nc2cc(F)c(F)cn2)cn1.